The van der Waals surface area contributed by atoms with E-state index in [2.05, 4.69) is 10.3 Å². The molecule has 1 unspecified atom stereocenters. The zero-order valence-electron chi connectivity index (χ0n) is 30.0. The molecule has 1 aliphatic heterocycles. The van der Waals surface area contributed by atoms with Crippen molar-refractivity contribution in [3.63, 3.8) is 0 Å². The van der Waals surface area contributed by atoms with Crippen LogP contribution < -0.4 is 4.74 Å². The number of fused-ring (bicyclic) bond motifs is 1. The monoisotopic (exact) mass is 738 g/mol. The van der Waals surface area contributed by atoms with Gasteiger partial charge in [-0.2, -0.15) is 4.31 Å². The van der Waals surface area contributed by atoms with E-state index < -0.39 is 33.5 Å². The van der Waals surface area contributed by atoms with Crippen LogP contribution in [0.3, 0.4) is 0 Å². The summed E-state index contributed by atoms with van der Waals surface area (Å²) >= 11 is 0. The van der Waals surface area contributed by atoms with E-state index >= 15 is 0 Å². The summed E-state index contributed by atoms with van der Waals surface area (Å²) in [6, 6.07) is 26.7. The molecule has 5 aromatic rings. The Labute approximate surface area is 308 Å². The van der Waals surface area contributed by atoms with Gasteiger partial charge in [0.05, 0.1) is 43.0 Å². The number of aromatic carboxylic acids is 1. The molecule has 53 heavy (non-hydrogen) atoms. The van der Waals surface area contributed by atoms with Gasteiger partial charge in [0.15, 0.2) is 0 Å². The van der Waals surface area contributed by atoms with E-state index in [-0.39, 0.29) is 36.3 Å². The first-order valence-corrected chi connectivity index (χ1v) is 18.7. The Morgan fingerprint density at radius 1 is 0.962 bits per heavy atom. The van der Waals surface area contributed by atoms with Gasteiger partial charge in [0, 0.05) is 6.54 Å². The van der Waals surface area contributed by atoms with Crippen molar-refractivity contribution in [2.75, 3.05) is 6.54 Å². The van der Waals surface area contributed by atoms with Crippen molar-refractivity contribution < 1.29 is 37.7 Å². The molecular formula is C40H42N4O8S. The van der Waals surface area contributed by atoms with E-state index in [0.29, 0.717) is 30.0 Å². The number of aryl methyl sites for hydroxylation is 1. The molecule has 0 saturated heterocycles. The average molecular weight is 739 g/mol. The summed E-state index contributed by atoms with van der Waals surface area (Å²) < 4.78 is 43.3. The Morgan fingerprint density at radius 3 is 2.43 bits per heavy atom. The topological polar surface area (TPSA) is 161 Å². The number of sulfonamides is 1. The minimum absolute atomic E-state index is 0.0205. The number of aliphatic carboxylic acids is 1. The van der Waals surface area contributed by atoms with Gasteiger partial charge in [0.25, 0.3) is 0 Å². The molecule has 1 aromatic heterocycles. The number of nitrogens with zero attached hydrogens (tertiary/aromatic N) is 4. The van der Waals surface area contributed by atoms with Gasteiger partial charge in [-0.05, 0) is 90.9 Å². The average Bonchev–Trinajstić information content (AvgIpc) is 3.54. The molecule has 276 valence electrons. The van der Waals surface area contributed by atoms with Crippen molar-refractivity contribution in [3.8, 4) is 16.9 Å². The van der Waals surface area contributed by atoms with Crippen LogP contribution in [0.1, 0.15) is 71.6 Å². The molecule has 2 N–H and O–H groups in total. The second-order valence-corrected chi connectivity index (χ2v) is 15.7. The molecule has 4 aromatic carbocycles. The molecule has 0 saturated carbocycles. The highest BCUT2D eigenvalue weighted by Crippen LogP contribution is 2.39. The van der Waals surface area contributed by atoms with Gasteiger partial charge in [-0.25, -0.2) is 17.9 Å². The zero-order chi connectivity index (χ0) is 37.9. The molecule has 13 heteroatoms. The smallest absolute Gasteiger partial charge is 0.335 e. The van der Waals surface area contributed by atoms with Gasteiger partial charge in [-0.3, -0.25) is 4.79 Å². The van der Waals surface area contributed by atoms with Gasteiger partial charge in [-0.15, -0.1) is 5.10 Å². The summed E-state index contributed by atoms with van der Waals surface area (Å²) in [6.07, 6.45) is 1.11. The van der Waals surface area contributed by atoms with Gasteiger partial charge in [0.1, 0.15) is 22.4 Å². The van der Waals surface area contributed by atoms with Crippen molar-refractivity contribution in [2.45, 2.75) is 70.9 Å². The van der Waals surface area contributed by atoms with Crippen LogP contribution in [0.4, 0.5) is 0 Å². The summed E-state index contributed by atoms with van der Waals surface area (Å²) in [5.41, 5.74) is 4.29. The van der Waals surface area contributed by atoms with E-state index in [0.717, 1.165) is 27.8 Å². The van der Waals surface area contributed by atoms with Crippen LogP contribution >= 0.6 is 0 Å². The highest BCUT2D eigenvalue weighted by Gasteiger charge is 2.40. The quantitative estimate of drug-likeness (QED) is 0.133. The number of para-hydroxylation sites is 1. The molecule has 0 amide bonds. The Balaban J connectivity index is 1.20. The van der Waals surface area contributed by atoms with Crippen molar-refractivity contribution in [2.24, 2.45) is 5.41 Å². The third-order valence-electron chi connectivity index (χ3n) is 9.57. The predicted molar refractivity (Wildman–Crippen MR) is 197 cm³/mol. The Bertz CT molecular complexity index is 2230. The molecule has 2 heterocycles. The standard InChI is InChI=1S/C40H42N4O8S/c1-5-34-24-44(53(49,50)36-12-7-6-11-35(36)52-34)22-32-20-31(14-13-26(32)2)37(40(3,4)39(47)48)51-25-33-23-43(42-41-33)21-27-9-8-10-30(19-27)28-15-17-29(18-16-28)38(45)46/h6-20,23,34,37H,5,21-22,24-25H2,1-4H3,(H,45,46)(H,47,48)/t34-,37?/m1/s1. The van der Waals surface area contributed by atoms with E-state index in [1.54, 1.807) is 73.3 Å². The van der Waals surface area contributed by atoms with E-state index in [9.17, 15) is 28.2 Å². The van der Waals surface area contributed by atoms with Crippen LogP contribution in [0.5, 0.6) is 5.75 Å². The first-order valence-electron chi connectivity index (χ1n) is 17.3. The second kappa shape index (κ2) is 15.3. The summed E-state index contributed by atoms with van der Waals surface area (Å²) in [6.45, 7) is 7.66. The maximum Gasteiger partial charge on any atom is 0.335 e. The normalized spacial score (nSPS) is 16.3. The predicted octanol–water partition coefficient (Wildman–Crippen LogP) is 6.73. The van der Waals surface area contributed by atoms with Crippen LogP contribution in [-0.4, -0.2) is 62.5 Å². The van der Waals surface area contributed by atoms with Crippen LogP contribution in [0.2, 0.25) is 0 Å². The lowest BCUT2D eigenvalue weighted by atomic mass is 9.81. The lowest BCUT2D eigenvalue weighted by Crippen LogP contribution is -2.36. The molecule has 6 rings (SSSR count). The van der Waals surface area contributed by atoms with E-state index in [1.165, 1.54) is 4.31 Å². The van der Waals surface area contributed by atoms with Crippen molar-refractivity contribution in [3.05, 3.63) is 131 Å². The Kier molecular flexibility index (Phi) is 10.8. The molecule has 0 bridgehead atoms. The lowest BCUT2D eigenvalue weighted by molar-refractivity contribution is -0.158. The van der Waals surface area contributed by atoms with E-state index in [4.69, 9.17) is 9.47 Å². The van der Waals surface area contributed by atoms with E-state index in [1.807, 2.05) is 56.3 Å². The minimum Gasteiger partial charge on any atom is -0.488 e. The maximum absolute atomic E-state index is 13.9. The number of rotatable bonds is 13. The highest BCUT2D eigenvalue weighted by atomic mass is 32.2. The number of ether oxygens (including phenoxy) is 2. The van der Waals surface area contributed by atoms with Crippen LogP contribution in [-0.2, 0) is 39.3 Å². The van der Waals surface area contributed by atoms with Crippen molar-refractivity contribution in [1.29, 1.82) is 0 Å². The largest absolute Gasteiger partial charge is 0.488 e. The van der Waals surface area contributed by atoms with Crippen LogP contribution in [0.15, 0.2) is 102 Å². The van der Waals surface area contributed by atoms with Crippen molar-refractivity contribution >= 4 is 22.0 Å². The third kappa shape index (κ3) is 8.17. The van der Waals surface area contributed by atoms with Crippen LogP contribution in [0.25, 0.3) is 11.1 Å². The molecule has 12 nitrogen and oxygen atoms in total. The van der Waals surface area contributed by atoms with Gasteiger partial charge >= 0.3 is 11.9 Å². The number of carbonyl (C=O) groups is 2. The van der Waals surface area contributed by atoms with Crippen LogP contribution in [0, 0.1) is 12.3 Å². The maximum atomic E-state index is 13.9. The SMILES string of the molecule is CC[C@@H]1CN(Cc2cc(C(OCc3cn(Cc4cccc(-c5ccc(C(=O)O)cc5)c4)nn3)C(C)(C)C(=O)O)ccc2C)S(=O)(=O)c2ccccc2O1. The molecule has 0 radical (unpaired) electrons. The highest BCUT2D eigenvalue weighted by molar-refractivity contribution is 7.89. The summed E-state index contributed by atoms with van der Waals surface area (Å²) in [4.78, 5) is 23.9. The van der Waals surface area contributed by atoms with Crippen molar-refractivity contribution in [1.82, 2.24) is 19.3 Å². The fourth-order valence-electron chi connectivity index (χ4n) is 6.34. The Hall–Kier alpha value is -5.37. The first kappa shape index (κ1) is 37.4. The number of benzene rings is 4. The molecule has 0 aliphatic carbocycles. The lowest BCUT2D eigenvalue weighted by Gasteiger charge is -2.31. The zero-order valence-corrected chi connectivity index (χ0v) is 30.8. The second-order valence-electron chi connectivity index (χ2n) is 13.8. The number of carboxylic acids is 2. The molecular weight excluding hydrogens is 697 g/mol. The molecule has 2 atom stereocenters. The molecule has 0 spiro atoms. The summed E-state index contributed by atoms with van der Waals surface area (Å²) in [5.74, 6) is -1.70. The number of aromatic nitrogens is 3. The van der Waals surface area contributed by atoms with Gasteiger partial charge in [0.2, 0.25) is 10.0 Å². The van der Waals surface area contributed by atoms with Gasteiger partial charge < -0.3 is 19.7 Å². The fraction of sp³-hybridized carbons (Fsp3) is 0.300. The third-order valence-corrected chi connectivity index (χ3v) is 11.4. The number of hydrogen-bond donors (Lipinski definition) is 2. The summed E-state index contributed by atoms with van der Waals surface area (Å²) in [7, 11) is -3.89. The number of carboxylic acid groups (broad SMARTS) is 2. The number of hydrogen-bond acceptors (Lipinski definition) is 8. The molecule has 0 fully saturated rings. The Morgan fingerprint density at radius 2 is 1.72 bits per heavy atom. The fourth-order valence-corrected chi connectivity index (χ4v) is 7.91. The summed E-state index contributed by atoms with van der Waals surface area (Å²) in [5, 5.41) is 28.0. The van der Waals surface area contributed by atoms with Gasteiger partial charge in [-0.1, -0.05) is 72.8 Å². The first-order chi connectivity index (χ1) is 25.3. The molecule has 1 aliphatic rings. The minimum atomic E-state index is -3.89.